The number of hydrogen-bond donors (Lipinski definition) is 1. The molecule has 1 N–H and O–H groups in total. The first-order valence-corrected chi connectivity index (χ1v) is 6.52. The SMILES string of the molecule is Cc1cc(CS(=O)(=O)N2CC(C)(O)C2)no1. The van der Waals surface area contributed by atoms with Gasteiger partial charge >= 0.3 is 0 Å². The summed E-state index contributed by atoms with van der Waals surface area (Å²) in [6.07, 6.45) is 0. The highest BCUT2D eigenvalue weighted by Gasteiger charge is 2.43. The molecule has 90 valence electrons. The minimum atomic E-state index is -3.38. The van der Waals surface area contributed by atoms with Crippen molar-refractivity contribution in [3.8, 4) is 0 Å². The van der Waals surface area contributed by atoms with E-state index in [9.17, 15) is 13.5 Å². The van der Waals surface area contributed by atoms with E-state index in [1.54, 1.807) is 19.9 Å². The third-order valence-corrected chi connectivity index (χ3v) is 4.14. The smallest absolute Gasteiger partial charge is 0.220 e. The van der Waals surface area contributed by atoms with Crippen LogP contribution in [0.15, 0.2) is 10.6 Å². The first kappa shape index (κ1) is 11.6. The zero-order valence-electron chi connectivity index (χ0n) is 9.17. The fourth-order valence-electron chi connectivity index (χ4n) is 1.67. The van der Waals surface area contributed by atoms with Crippen molar-refractivity contribution in [2.75, 3.05) is 13.1 Å². The van der Waals surface area contributed by atoms with Crippen molar-refractivity contribution in [2.24, 2.45) is 0 Å². The first-order chi connectivity index (χ1) is 7.28. The number of aliphatic hydroxyl groups is 1. The Morgan fingerprint density at radius 1 is 1.62 bits per heavy atom. The van der Waals surface area contributed by atoms with Crippen LogP contribution >= 0.6 is 0 Å². The topological polar surface area (TPSA) is 83.6 Å². The summed E-state index contributed by atoms with van der Waals surface area (Å²) in [5.41, 5.74) is -0.503. The molecule has 0 saturated carbocycles. The third kappa shape index (κ3) is 2.26. The Morgan fingerprint density at radius 3 is 2.69 bits per heavy atom. The van der Waals surface area contributed by atoms with Gasteiger partial charge in [-0.2, -0.15) is 4.31 Å². The lowest BCUT2D eigenvalue weighted by molar-refractivity contribution is -0.0427. The molecule has 1 aliphatic rings. The molecule has 0 bridgehead atoms. The molecule has 0 spiro atoms. The minimum Gasteiger partial charge on any atom is -0.387 e. The molecule has 0 amide bonds. The number of aromatic nitrogens is 1. The van der Waals surface area contributed by atoms with Crippen molar-refractivity contribution in [3.63, 3.8) is 0 Å². The number of hydrogen-bond acceptors (Lipinski definition) is 5. The summed E-state index contributed by atoms with van der Waals surface area (Å²) < 4.78 is 29.7. The van der Waals surface area contributed by atoms with E-state index >= 15 is 0 Å². The fraction of sp³-hybridized carbons (Fsp3) is 0.667. The van der Waals surface area contributed by atoms with Gasteiger partial charge in [0.2, 0.25) is 10.0 Å². The molecule has 16 heavy (non-hydrogen) atoms. The molecule has 2 rings (SSSR count). The molecule has 1 aliphatic heterocycles. The monoisotopic (exact) mass is 246 g/mol. The lowest BCUT2D eigenvalue weighted by atomic mass is 10.0. The molecule has 2 heterocycles. The van der Waals surface area contributed by atoms with Gasteiger partial charge in [-0.1, -0.05) is 5.16 Å². The highest BCUT2D eigenvalue weighted by molar-refractivity contribution is 7.88. The molecule has 0 aromatic carbocycles. The Hall–Kier alpha value is -0.920. The van der Waals surface area contributed by atoms with Crippen LogP contribution in [0.5, 0.6) is 0 Å². The summed E-state index contributed by atoms with van der Waals surface area (Å²) in [6.45, 7) is 3.61. The average Bonchev–Trinajstić information content (AvgIpc) is 2.46. The summed E-state index contributed by atoms with van der Waals surface area (Å²) in [5.74, 6) is 0.404. The molecule has 0 unspecified atom stereocenters. The van der Waals surface area contributed by atoms with E-state index in [0.29, 0.717) is 11.5 Å². The van der Waals surface area contributed by atoms with Crippen LogP contribution in [0, 0.1) is 6.92 Å². The van der Waals surface area contributed by atoms with Crippen LogP contribution in [-0.4, -0.2) is 41.7 Å². The van der Waals surface area contributed by atoms with Crippen LogP contribution in [-0.2, 0) is 15.8 Å². The number of sulfonamides is 1. The van der Waals surface area contributed by atoms with Crippen LogP contribution in [0.2, 0.25) is 0 Å². The number of aryl methyl sites for hydroxylation is 1. The van der Waals surface area contributed by atoms with Gasteiger partial charge in [-0.05, 0) is 13.8 Å². The van der Waals surface area contributed by atoms with E-state index in [2.05, 4.69) is 5.16 Å². The Kier molecular flexibility index (Phi) is 2.56. The normalized spacial score (nSPS) is 20.7. The van der Waals surface area contributed by atoms with Crippen molar-refractivity contribution >= 4 is 10.0 Å². The van der Waals surface area contributed by atoms with Gasteiger partial charge in [0.05, 0.1) is 5.60 Å². The Bertz CT molecular complexity index is 483. The van der Waals surface area contributed by atoms with Crippen LogP contribution in [0.25, 0.3) is 0 Å². The maximum atomic E-state index is 11.8. The molecular formula is C9H14N2O4S. The van der Waals surface area contributed by atoms with Gasteiger partial charge < -0.3 is 9.63 Å². The van der Waals surface area contributed by atoms with E-state index in [4.69, 9.17) is 4.52 Å². The van der Waals surface area contributed by atoms with Gasteiger partial charge in [0.1, 0.15) is 17.2 Å². The van der Waals surface area contributed by atoms with E-state index in [0.717, 1.165) is 0 Å². The molecule has 0 aliphatic carbocycles. The van der Waals surface area contributed by atoms with Crippen molar-refractivity contribution in [2.45, 2.75) is 25.2 Å². The number of rotatable bonds is 3. The van der Waals surface area contributed by atoms with Crippen LogP contribution < -0.4 is 0 Å². The average molecular weight is 246 g/mol. The molecule has 0 atom stereocenters. The van der Waals surface area contributed by atoms with E-state index < -0.39 is 15.6 Å². The Balaban J connectivity index is 2.05. The molecule has 7 heteroatoms. The largest absolute Gasteiger partial charge is 0.387 e. The minimum absolute atomic E-state index is 0.145. The maximum Gasteiger partial charge on any atom is 0.220 e. The van der Waals surface area contributed by atoms with Gasteiger partial charge in [-0.3, -0.25) is 0 Å². The van der Waals surface area contributed by atoms with Crippen molar-refractivity contribution in [1.82, 2.24) is 9.46 Å². The van der Waals surface area contributed by atoms with E-state index in [1.165, 1.54) is 4.31 Å². The first-order valence-electron chi connectivity index (χ1n) is 4.91. The zero-order chi connectivity index (χ0) is 12.0. The highest BCUT2D eigenvalue weighted by atomic mass is 32.2. The van der Waals surface area contributed by atoms with E-state index in [-0.39, 0.29) is 18.8 Å². The summed E-state index contributed by atoms with van der Waals surface area (Å²) in [7, 11) is -3.38. The second kappa shape index (κ2) is 3.54. The number of nitrogens with zero attached hydrogens (tertiary/aromatic N) is 2. The standard InChI is InChI=1S/C9H14N2O4S/c1-7-3-8(10-15-7)4-16(13,14)11-5-9(2,12)6-11/h3,12H,4-6H2,1-2H3. The second-order valence-electron chi connectivity index (χ2n) is 4.45. The highest BCUT2D eigenvalue weighted by Crippen LogP contribution is 2.25. The third-order valence-electron chi connectivity index (χ3n) is 2.43. The van der Waals surface area contributed by atoms with Gasteiger partial charge in [-0.15, -0.1) is 0 Å². The van der Waals surface area contributed by atoms with Crippen molar-refractivity contribution < 1.29 is 18.0 Å². The lowest BCUT2D eigenvalue weighted by Gasteiger charge is -2.42. The predicted octanol–water partition coefficient (Wildman–Crippen LogP) is -0.121. The maximum absolute atomic E-state index is 11.8. The molecule has 0 radical (unpaired) electrons. The van der Waals surface area contributed by atoms with Gasteiger partial charge in [0.25, 0.3) is 0 Å². The molecule has 1 fully saturated rings. The molecule has 1 aromatic heterocycles. The summed E-state index contributed by atoms with van der Waals surface area (Å²) >= 11 is 0. The zero-order valence-corrected chi connectivity index (χ0v) is 9.99. The van der Waals surface area contributed by atoms with Crippen molar-refractivity contribution in [1.29, 1.82) is 0 Å². The van der Waals surface area contributed by atoms with Gasteiger partial charge in [0, 0.05) is 19.2 Å². The number of β-amino-alcohol motifs (C(OH)–C–C–N with tert-alkyl or cyclic N) is 1. The summed E-state index contributed by atoms with van der Waals surface area (Å²) in [6, 6.07) is 1.59. The van der Waals surface area contributed by atoms with Crippen molar-refractivity contribution in [3.05, 3.63) is 17.5 Å². The quantitative estimate of drug-likeness (QED) is 0.803. The van der Waals surface area contributed by atoms with Crippen LogP contribution in [0.1, 0.15) is 18.4 Å². The van der Waals surface area contributed by atoms with E-state index in [1.807, 2.05) is 0 Å². The second-order valence-corrected chi connectivity index (χ2v) is 6.42. The molecule has 1 aromatic rings. The Morgan fingerprint density at radius 2 is 2.25 bits per heavy atom. The summed E-state index contributed by atoms with van der Waals surface area (Å²) in [4.78, 5) is 0. The van der Waals surface area contributed by atoms with Gasteiger partial charge in [0.15, 0.2) is 0 Å². The Labute approximate surface area is 93.9 Å². The summed E-state index contributed by atoms with van der Waals surface area (Å²) in [5, 5.41) is 13.1. The van der Waals surface area contributed by atoms with Crippen LogP contribution in [0.3, 0.4) is 0 Å². The van der Waals surface area contributed by atoms with Crippen LogP contribution in [0.4, 0.5) is 0 Å². The fourth-order valence-corrected chi connectivity index (χ4v) is 3.32. The lowest BCUT2D eigenvalue weighted by Crippen LogP contribution is -2.61. The predicted molar refractivity (Wildman–Crippen MR) is 56.1 cm³/mol. The molecule has 1 saturated heterocycles. The molecular weight excluding hydrogens is 232 g/mol. The molecule has 6 nitrogen and oxygen atoms in total. The van der Waals surface area contributed by atoms with Gasteiger partial charge in [-0.25, -0.2) is 8.42 Å².